The molecule has 5 N–H and O–H groups in total. The van der Waals surface area contributed by atoms with Crippen LogP contribution in [0.15, 0.2) is 60.7 Å². The molecule has 2 amide bonds. The third kappa shape index (κ3) is 7.17. The molecule has 258 valence electrons. The molecule has 0 spiro atoms. The van der Waals surface area contributed by atoms with E-state index in [9.17, 15) is 9.59 Å². The van der Waals surface area contributed by atoms with Gasteiger partial charge in [0, 0.05) is 90.0 Å². The molecule has 0 radical (unpaired) electrons. The first-order valence-corrected chi connectivity index (χ1v) is 17.7. The lowest BCUT2D eigenvalue weighted by atomic mass is 9.98. The topological polar surface area (TPSA) is 133 Å². The molecule has 3 aromatic heterocycles. The van der Waals surface area contributed by atoms with Crippen LogP contribution >= 0.6 is 34.8 Å². The molecule has 0 unspecified atom stereocenters. The minimum Gasteiger partial charge on any atom is -0.481 e. The van der Waals surface area contributed by atoms with Crippen LogP contribution in [0.1, 0.15) is 36.9 Å². The zero-order valence-corrected chi connectivity index (χ0v) is 29.6. The molecule has 2 aromatic carbocycles. The Morgan fingerprint density at radius 3 is 1.86 bits per heavy atom. The lowest BCUT2D eigenvalue weighted by Gasteiger charge is -2.15. The number of methoxy groups -OCH3 is 1. The highest BCUT2D eigenvalue weighted by molar-refractivity contribution is 6.39. The number of carbonyl (C=O) groups is 2. The molecule has 2 atom stereocenters. The Hall–Kier alpha value is -4.19. The average Bonchev–Trinajstić information content (AvgIpc) is 3.82. The molecule has 0 aliphatic carbocycles. The molecule has 7 rings (SSSR count). The van der Waals surface area contributed by atoms with Crippen molar-refractivity contribution in [3.8, 4) is 39.5 Å². The van der Waals surface area contributed by atoms with Gasteiger partial charge in [0.1, 0.15) is 5.65 Å². The Morgan fingerprint density at radius 2 is 1.28 bits per heavy atom. The zero-order chi connectivity index (χ0) is 34.8. The fraction of sp³-hybridized carbons (Fsp3) is 0.297. The van der Waals surface area contributed by atoms with Gasteiger partial charge < -0.3 is 31.0 Å². The van der Waals surface area contributed by atoms with E-state index in [1.165, 1.54) is 0 Å². The summed E-state index contributed by atoms with van der Waals surface area (Å²) >= 11 is 20.9. The van der Waals surface area contributed by atoms with Gasteiger partial charge in [-0.05, 0) is 31.0 Å². The van der Waals surface area contributed by atoms with Gasteiger partial charge in [-0.25, -0.2) is 9.97 Å². The number of hydrogen-bond donors (Lipinski definition) is 5. The molecule has 2 aliphatic rings. The number of aromatic amines is 1. The highest BCUT2D eigenvalue weighted by Gasteiger charge is 2.22. The number of amides is 2. The number of ether oxygens (including phenoxy) is 1. The Balaban J connectivity index is 1.10. The summed E-state index contributed by atoms with van der Waals surface area (Å²) in [7, 11) is 1.60. The zero-order valence-electron chi connectivity index (χ0n) is 27.3. The van der Waals surface area contributed by atoms with Gasteiger partial charge in [0.25, 0.3) is 0 Å². The van der Waals surface area contributed by atoms with Crippen molar-refractivity contribution >= 4 is 57.7 Å². The van der Waals surface area contributed by atoms with Crippen molar-refractivity contribution in [3.05, 3.63) is 87.0 Å². The maximum Gasteiger partial charge on any atom is 0.220 e. The van der Waals surface area contributed by atoms with Crippen LogP contribution in [0.4, 0.5) is 0 Å². The van der Waals surface area contributed by atoms with Crippen LogP contribution in [0, 0.1) is 0 Å². The molecule has 13 heteroatoms. The van der Waals surface area contributed by atoms with Gasteiger partial charge in [-0.2, -0.15) is 0 Å². The van der Waals surface area contributed by atoms with E-state index in [1.807, 2.05) is 60.7 Å². The number of benzene rings is 2. The highest BCUT2D eigenvalue weighted by atomic mass is 35.5. The minimum absolute atomic E-state index is 0.0935. The van der Waals surface area contributed by atoms with Crippen molar-refractivity contribution in [1.82, 2.24) is 36.2 Å². The van der Waals surface area contributed by atoms with Crippen molar-refractivity contribution in [2.24, 2.45) is 0 Å². The number of nitrogens with one attached hydrogen (secondary N) is 5. The van der Waals surface area contributed by atoms with E-state index >= 15 is 0 Å². The fourth-order valence-corrected chi connectivity index (χ4v) is 7.50. The maximum absolute atomic E-state index is 11.5. The lowest BCUT2D eigenvalue weighted by molar-refractivity contribution is -0.120. The van der Waals surface area contributed by atoms with Crippen LogP contribution in [0.25, 0.3) is 44.7 Å². The molecule has 0 bridgehead atoms. The molecule has 50 heavy (non-hydrogen) atoms. The summed E-state index contributed by atoms with van der Waals surface area (Å²) in [6.45, 7) is 2.41. The number of halogens is 3. The summed E-state index contributed by atoms with van der Waals surface area (Å²) in [5, 5.41) is 15.2. The van der Waals surface area contributed by atoms with Crippen LogP contribution in [0.3, 0.4) is 0 Å². The Kier molecular flexibility index (Phi) is 10.3. The number of carbonyl (C=O) groups excluding carboxylic acids is 2. The van der Waals surface area contributed by atoms with E-state index in [0.29, 0.717) is 77.0 Å². The van der Waals surface area contributed by atoms with Crippen LogP contribution in [-0.2, 0) is 22.7 Å². The Morgan fingerprint density at radius 1 is 0.720 bits per heavy atom. The average molecular weight is 733 g/mol. The first-order chi connectivity index (χ1) is 24.3. The van der Waals surface area contributed by atoms with Gasteiger partial charge >= 0.3 is 0 Å². The molecule has 5 aromatic rings. The standard InChI is InChI=1S/C37H36Cl3N7O3/c1-50-37-20(16-41-17-21-9-14-31(48)43-21)8-12-29(47-37)26-7-3-5-24(34(26)39)23-4-2-6-25(33(23)38)28-13-11-27-35(40)30(46-36(27)45-28)19-42-18-22-10-15-32(49)44-22/h2-8,11-13,21-22,41-42H,9-10,14-19H2,1H3,(H,43,48)(H,44,49)(H,45,46)/t21-,22+/m1/s1. The van der Waals surface area contributed by atoms with E-state index in [2.05, 4.69) is 26.3 Å². The highest BCUT2D eigenvalue weighted by Crippen LogP contribution is 2.42. The van der Waals surface area contributed by atoms with Crippen molar-refractivity contribution in [1.29, 1.82) is 0 Å². The molecule has 5 heterocycles. The van der Waals surface area contributed by atoms with E-state index in [-0.39, 0.29) is 23.9 Å². The van der Waals surface area contributed by atoms with Crippen molar-refractivity contribution in [2.75, 3.05) is 20.2 Å². The molecule has 10 nitrogen and oxygen atoms in total. The predicted octanol–water partition coefficient (Wildman–Crippen LogP) is 6.66. The molecule has 2 saturated heterocycles. The summed E-state index contributed by atoms with van der Waals surface area (Å²) in [6, 6.07) is 19.6. The molecule has 0 saturated carbocycles. The van der Waals surface area contributed by atoms with Gasteiger partial charge in [-0.1, -0.05) is 77.3 Å². The summed E-state index contributed by atoms with van der Waals surface area (Å²) in [4.78, 5) is 36.1. The number of hydrogen-bond acceptors (Lipinski definition) is 7. The number of aromatic nitrogens is 3. The summed E-state index contributed by atoms with van der Waals surface area (Å²) in [5.41, 5.74) is 6.76. The minimum atomic E-state index is 0.0935. The van der Waals surface area contributed by atoms with Crippen LogP contribution in [0.2, 0.25) is 15.1 Å². The number of nitrogens with zero attached hydrogens (tertiary/aromatic N) is 2. The molecule has 2 fully saturated rings. The van der Waals surface area contributed by atoms with Crippen molar-refractivity contribution in [3.63, 3.8) is 0 Å². The number of pyridine rings is 2. The van der Waals surface area contributed by atoms with Gasteiger partial charge in [-0.15, -0.1) is 0 Å². The van der Waals surface area contributed by atoms with Crippen LogP contribution in [-0.4, -0.2) is 59.0 Å². The third-order valence-electron chi connectivity index (χ3n) is 9.21. The van der Waals surface area contributed by atoms with Gasteiger partial charge in [-0.3, -0.25) is 9.59 Å². The SMILES string of the molecule is COc1nc(-c2cccc(-c3cccc(-c4ccc5c(Cl)c(CNC[C@@H]6CCC(=O)N6)[nH]c5n4)c3Cl)c2Cl)ccc1CNC[C@H]1CCC(=O)N1. The quantitative estimate of drug-likeness (QED) is 0.0969. The fourth-order valence-electron chi connectivity index (χ4n) is 6.58. The lowest BCUT2D eigenvalue weighted by Crippen LogP contribution is -2.35. The Bertz CT molecular complexity index is 2090. The van der Waals surface area contributed by atoms with Crippen molar-refractivity contribution in [2.45, 2.75) is 50.9 Å². The number of rotatable bonds is 12. The number of fused-ring (bicyclic) bond motifs is 1. The van der Waals surface area contributed by atoms with Gasteiger partial charge in [0.15, 0.2) is 0 Å². The van der Waals surface area contributed by atoms with Gasteiger partial charge in [0.2, 0.25) is 17.7 Å². The number of H-pyrrole nitrogens is 1. The molecular weight excluding hydrogens is 697 g/mol. The van der Waals surface area contributed by atoms with Crippen LogP contribution < -0.4 is 26.0 Å². The smallest absolute Gasteiger partial charge is 0.220 e. The second kappa shape index (κ2) is 15.0. The monoisotopic (exact) mass is 731 g/mol. The summed E-state index contributed by atoms with van der Waals surface area (Å²) in [6.07, 6.45) is 2.80. The largest absolute Gasteiger partial charge is 0.481 e. The second-order valence-corrected chi connectivity index (χ2v) is 13.7. The summed E-state index contributed by atoms with van der Waals surface area (Å²) in [5.74, 6) is 0.690. The van der Waals surface area contributed by atoms with E-state index in [4.69, 9.17) is 49.5 Å². The second-order valence-electron chi connectivity index (χ2n) is 12.6. The normalized spacial score (nSPS) is 17.4. The Labute approximate surface area is 304 Å². The third-order valence-corrected chi connectivity index (χ3v) is 10.5. The van der Waals surface area contributed by atoms with E-state index in [1.54, 1.807) is 7.11 Å². The first-order valence-electron chi connectivity index (χ1n) is 16.6. The van der Waals surface area contributed by atoms with Crippen LogP contribution in [0.5, 0.6) is 5.88 Å². The molecule has 2 aliphatic heterocycles. The predicted molar refractivity (Wildman–Crippen MR) is 198 cm³/mol. The van der Waals surface area contributed by atoms with E-state index < -0.39 is 0 Å². The molecular formula is C37H36Cl3N7O3. The van der Waals surface area contributed by atoms with Gasteiger partial charge in [0.05, 0.1) is 33.6 Å². The summed E-state index contributed by atoms with van der Waals surface area (Å²) < 4.78 is 5.65. The van der Waals surface area contributed by atoms with E-state index in [0.717, 1.165) is 51.7 Å². The first kappa shape index (κ1) is 34.3. The van der Waals surface area contributed by atoms with Crippen molar-refractivity contribution < 1.29 is 14.3 Å². The maximum atomic E-state index is 11.5.